The average Bonchev–Trinajstić information content (AvgIpc) is 2.92. The van der Waals surface area contributed by atoms with Crippen LogP contribution < -0.4 is 11.2 Å². The third-order valence-corrected chi connectivity index (χ3v) is 3.21. The second-order valence-electron chi connectivity index (χ2n) is 5.68. The summed E-state index contributed by atoms with van der Waals surface area (Å²) in [5.41, 5.74) is 11.0. The third-order valence-electron chi connectivity index (χ3n) is 3.21. The molecule has 1 aromatic carbocycles. The lowest BCUT2D eigenvalue weighted by Gasteiger charge is -2.05. The summed E-state index contributed by atoms with van der Waals surface area (Å²) in [5.74, 6) is 0.169. The lowest BCUT2D eigenvalue weighted by molar-refractivity contribution is -0.122. The minimum atomic E-state index is -0.363. The van der Waals surface area contributed by atoms with Crippen LogP contribution in [0.2, 0.25) is 0 Å². The van der Waals surface area contributed by atoms with Gasteiger partial charge in [-0.2, -0.15) is 9.90 Å². The van der Waals surface area contributed by atoms with Crippen LogP contribution in [0.3, 0.4) is 0 Å². The molecular formula is C16H21N7O. The predicted octanol–water partition coefficient (Wildman–Crippen LogP) is 1.58. The van der Waals surface area contributed by atoms with Crippen molar-refractivity contribution in [1.29, 1.82) is 0 Å². The second-order valence-corrected chi connectivity index (χ2v) is 5.68. The summed E-state index contributed by atoms with van der Waals surface area (Å²) in [5, 5.41) is 14.7. The number of nitrogen functional groups attached to an aromatic ring is 1. The van der Waals surface area contributed by atoms with Crippen LogP contribution in [-0.2, 0) is 11.3 Å². The van der Waals surface area contributed by atoms with E-state index < -0.39 is 0 Å². The van der Waals surface area contributed by atoms with Gasteiger partial charge in [-0.3, -0.25) is 4.79 Å². The van der Waals surface area contributed by atoms with Gasteiger partial charge in [0.15, 0.2) is 0 Å². The first kappa shape index (κ1) is 17.3. The zero-order valence-corrected chi connectivity index (χ0v) is 14.0. The molecule has 8 heteroatoms. The van der Waals surface area contributed by atoms with Crippen molar-refractivity contribution in [2.45, 2.75) is 33.2 Å². The van der Waals surface area contributed by atoms with E-state index in [1.165, 1.54) is 5.56 Å². The summed E-state index contributed by atoms with van der Waals surface area (Å²) in [6, 6.07) is 8.34. The molecule has 0 aliphatic heterocycles. The number of anilines is 1. The number of hydrogen-bond acceptors (Lipinski definition) is 6. The molecule has 0 unspecified atom stereocenters. The zero-order valence-electron chi connectivity index (χ0n) is 14.0. The van der Waals surface area contributed by atoms with Gasteiger partial charge in [-0.25, -0.2) is 5.43 Å². The van der Waals surface area contributed by atoms with Gasteiger partial charge < -0.3 is 5.73 Å². The van der Waals surface area contributed by atoms with Crippen molar-refractivity contribution in [3.8, 4) is 0 Å². The van der Waals surface area contributed by atoms with Gasteiger partial charge in [0.25, 0.3) is 11.9 Å². The fourth-order valence-electron chi connectivity index (χ4n) is 1.97. The molecule has 0 aliphatic rings. The Balaban J connectivity index is 1.87. The molecule has 2 aromatic rings. The van der Waals surface area contributed by atoms with E-state index in [1.54, 1.807) is 6.21 Å². The van der Waals surface area contributed by atoms with E-state index in [2.05, 4.69) is 64.1 Å². The van der Waals surface area contributed by atoms with E-state index >= 15 is 0 Å². The van der Waals surface area contributed by atoms with Crippen molar-refractivity contribution in [3.63, 3.8) is 0 Å². The maximum atomic E-state index is 11.6. The molecule has 0 saturated carbocycles. The number of benzene rings is 1. The predicted molar refractivity (Wildman–Crippen MR) is 93.0 cm³/mol. The second kappa shape index (κ2) is 8.00. The first-order valence-electron chi connectivity index (χ1n) is 7.57. The number of carbonyl (C=O) groups excluding carboxylic acids is 1. The highest BCUT2D eigenvalue weighted by molar-refractivity contribution is 5.86. The molecule has 2 rings (SSSR count). The van der Waals surface area contributed by atoms with Crippen molar-refractivity contribution >= 4 is 24.1 Å². The molecule has 0 bridgehead atoms. The summed E-state index contributed by atoms with van der Waals surface area (Å²) in [7, 11) is 0. The summed E-state index contributed by atoms with van der Waals surface area (Å²) >= 11 is 0. The Labute approximate surface area is 140 Å². The van der Waals surface area contributed by atoms with Crippen molar-refractivity contribution in [1.82, 2.24) is 25.6 Å². The molecule has 8 nitrogen and oxygen atoms in total. The van der Waals surface area contributed by atoms with Crippen molar-refractivity contribution in [3.05, 3.63) is 41.0 Å². The number of hydrogen-bond donors (Lipinski definition) is 2. The topological polar surface area (TPSA) is 111 Å². The van der Waals surface area contributed by atoms with Crippen LogP contribution >= 0.6 is 0 Å². The standard InChI is InChI=1S/C16H21N7O/c1-11(2)14-6-4-13(5-7-14)8-12(3)9-18-19-15(24)10-23-21-16(17)20-22-23/h4-9,11H,10H2,1-3H3,(H2,17,21)(H,19,24)/b12-8+,18-9?. The lowest BCUT2D eigenvalue weighted by Crippen LogP contribution is -2.24. The molecule has 0 aliphatic carbocycles. The third kappa shape index (κ3) is 5.31. The van der Waals surface area contributed by atoms with Gasteiger partial charge in [0.05, 0.1) is 6.21 Å². The Hall–Kier alpha value is -3.03. The summed E-state index contributed by atoms with van der Waals surface area (Å²) < 4.78 is 0. The monoisotopic (exact) mass is 327 g/mol. The number of nitrogens with one attached hydrogen (secondary N) is 1. The van der Waals surface area contributed by atoms with Crippen LogP contribution in [0.5, 0.6) is 0 Å². The van der Waals surface area contributed by atoms with E-state index in [0.29, 0.717) is 5.92 Å². The molecule has 1 amide bonds. The van der Waals surface area contributed by atoms with Gasteiger partial charge in [0, 0.05) is 0 Å². The molecule has 0 spiro atoms. The number of carbonyl (C=O) groups is 1. The maximum absolute atomic E-state index is 11.6. The Morgan fingerprint density at radius 1 is 1.38 bits per heavy atom. The van der Waals surface area contributed by atoms with E-state index in [1.807, 2.05) is 13.0 Å². The number of hydrazone groups is 1. The van der Waals surface area contributed by atoms with Crippen LogP contribution in [0.4, 0.5) is 5.95 Å². The van der Waals surface area contributed by atoms with Gasteiger partial charge in [-0.15, -0.1) is 5.10 Å². The first-order valence-corrected chi connectivity index (χ1v) is 7.57. The molecule has 0 saturated heterocycles. The van der Waals surface area contributed by atoms with Crippen molar-refractivity contribution < 1.29 is 4.79 Å². The minimum Gasteiger partial charge on any atom is -0.365 e. The number of aromatic nitrogens is 4. The Morgan fingerprint density at radius 2 is 2.08 bits per heavy atom. The average molecular weight is 327 g/mol. The molecule has 1 heterocycles. The van der Waals surface area contributed by atoms with E-state index in [4.69, 9.17) is 5.73 Å². The smallest absolute Gasteiger partial charge is 0.263 e. The van der Waals surface area contributed by atoms with Crippen LogP contribution in [-0.4, -0.2) is 32.3 Å². The number of tetrazole rings is 1. The number of rotatable bonds is 6. The molecule has 126 valence electrons. The summed E-state index contributed by atoms with van der Waals surface area (Å²) in [6.07, 6.45) is 3.57. The maximum Gasteiger partial charge on any atom is 0.263 e. The van der Waals surface area contributed by atoms with E-state index in [0.717, 1.165) is 15.9 Å². The number of allylic oxidation sites excluding steroid dienone is 1. The molecule has 3 N–H and O–H groups in total. The van der Waals surface area contributed by atoms with Gasteiger partial charge in [0.1, 0.15) is 6.54 Å². The SMILES string of the molecule is C/C(C=NNC(=O)Cn1nnc(N)n1)=C\c1ccc(C(C)C)cc1. The quantitative estimate of drug-likeness (QED) is 0.618. The number of amides is 1. The zero-order chi connectivity index (χ0) is 17.5. The van der Waals surface area contributed by atoms with Crippen molar-refractivity contribution in [2.75, 3.05) is 5.73 Å². The Morgan fingerprint density at radius 3 is 2.67 bits per heavy atom. The Bertz CT molecular complexity index is 744. The fourth-order valence-corrected chi connectivity index (χ4v) is 1.97. The van der Waals surface area contributed by atoms with E-state index in [-0.39, 0.29) is 18.4 Å². The lowest BCUT2D eigenvalue weighted by atomic mass is 10.0. The molecular weight excluding hydrogens is 306 g/mol. The fraction of sp³-hybridized carbons (Fsp3) is 0.312. The van der Waals surface area contributed by atoms with Gasteiger partial charge in [0.2, 0.25) is 0 Å². The largest absolute Gasteiger partial charge is 0.365 e. The van der Waals surface area contributed by atoms with Crippen LogP contribution in [0.15, 0.2) is 34.9 Å². The highest BCUT2D eigenvalue weighted by Gasteiger charge is 2.04. The summed E-state index contributed by atoms with van der Waals surface area (Å²) in [4.78, 5) is 12.7. The van der Waals surface area contributed by atoms with Crippen molar-refractivity contribution in [2.24, 2.45) is 5.10 Å². The highest BCUT2D eigenvalue weighted by Crippen LogP contribution is 2.15. The molecule has 0 atom stereocenters. The molecule has 24 heavy (non-hydrogen) atoms. The van der Waals surface area contributed by atoms with Gasteiger partial charge in [-0.1, -0.05) is 49.3 Å². The van der Waals surface area contributed by atoms with Gasteiger partial charge >= 0.3 is 0 Å². The van der Waals surface area contributed by atoms with Crippen LogP contribution in [0, 0.1) is 0 Å². The molecule has 0 radical (unpaired) electrons. The van der Waals surface area contributed by atoms with Crippen LogP contribution in [0.25, 0.3) is 6.08 Å². The van der Waals surface area contributed by atoms with E-state index in [9.17, 15) is 4.79 Å². The number of nitrogens with two attached hydrogens (primary N) is 1. The summed E-state index contributed by atoms with van der Waals surface area (Å²) in [6.45, 7) is 6.13. The number of nitrogens with zero attached hydrogens (tertiary/aromatic N) is 5. The molecule has 0 fully saturated rings. The highest BCUT2D eigenvalue weighted by atomic mass is 16.2. The molecule has 1 aromatic heterocycles. The minimum absolute atomic E-state index is 0.0218. The van der Waals surface area contributed by atoms with Crippen LogP contribution in [0.1, 0.15) is 37.8 Å². The first-order chi connectivity index (χ1) is 11.4. The van der Waals surface area contributed by atoms with Gasteiger partial charge in [-0.05, 0) is 34.8 Å². The normalized spacial score (nSPS) is 12.1. The Kier molecular flexibility index (Phi) is 5.78.